The first-order chi connectivity index (χ1) is 8.50. The first-order valence-corrected chi connectivity index (χ1v) is 6.35. The highest BCUT2D eigenvalue weighted by Gasteiger charge is 2.07. The average Bonchev–Trinajstić information content (AvgIpc) is 2.30. The average molecular weight is 290 g/mol. The Hall–Kier alpha value is -0.810. The quantitative estimate of drug-likeness (QED) is 0.788. The van der Waals surface area contributed by atoms with Crippen LogP contribution in [0, 0.1) is 0 Å². The summed E-state index contributed by atoms with van der Waals surface area (Å²) in [6.07, 6.45) is 0. The van der Waals surface area contributed by atoms with Crippen molar-refractivity contribution in [3.63, 3.8) is 0 Å². The summed E-state index contributed by atoms with van der Waals surface area (Å²) < 4.78 is 0. The van der Waals surface area contributed by atoms with Crippen molar-refractivity contribution in [3.8, 4) is 0 Å². The Bertz CT molecular complexity index is 410. The maximum atomic E-state index is 11.6. The van der Waals surface area contributed by atoms with Gasteiger partial charge in [-0.2, -0.15) is 0 Å². The fourth-order valence-corrected chi connectivity index (χ4v) is 1.65. The zero-order valence-corrected chi connectivity index (χ0v) is 12.0. The molecule has 18 heavy (non-hydrogen) atoms. The van der Waals surface area contributed by atoms with Crippen molar-refractivity contribution in [3.05, 3.63) is 28.2 Å². The summed E-state index contributed by atoms with van der Waals surface area (Å²) in [7, 11) is 3.96. The van der Waals surface area contributed by atoms with Crippen LogP contribution < -0.4 is 10.6 Å². The maximum absolute atomic E-state index is 11.6. The number of nitrogens with one attached hydrogen (secondary N) is 2. The highest BCUT2D eigenvalue weighted by molar-refractivity contribution is 6.43. The summed E-state index contributed by atoms with van der Waals surface area (Å²) >= 11 is 11.8. The zero-order chi connectivity index (χ0) is 13.5. The second kappa shape index (κ2) is 7.59. The molecule has 0 aliphatic carbocycles. The summed E-state index contributed by atoms with van der Waals surface area (Å²) in [6, 6.07) is 5.13. The maximum Gasteiger partial charge on any atom is 0.238 e. The Morgan fingerprint density at radius 2 is 2.06 bits per heavy atom. The Labute approximate surface area is 117 Å². The number of carbonyl (C=O) groups is 1. The summed E-state index contributed by atoms with van der Waals surface area (Å²) in [5.41, 5.74) is 0.531. The van der Waals surface area contributed by atoms with Crippen LogP contribution >= 0.6 is 23.2 Å². The van der Waals surface area contributed by atoms with Crippen LogP contribution in [0.4, 0.5) is 5.69 Å². The predicted octanol–water partition coefficient (Wildman–Crippen LogP) is 2.08. The van der Waals surface area contributed by atoms with Gasteiger partial charge in [-0.05, 0) is 26.2 Å². The van der Waals surface area contributed by atoms with Crippen molar-refractivity contribution < 1.29 is 4.79 Å². The largest absolute Gasteiger partial charge is 0.324 e. The zero-order valence-electron chi connectivity index (χ0n) is 10.5. The molecule has 0 heterocycles. The molecule has 0 fully saturated rings. The third-order valence-electron chi connectivity index (χ3n) is 2.25. The van der Waals surface area contributed by atoms with Crippen LogP contribution in [-0.2, 0) is 4.79 Å². The molecule has 6 heteroatoms. The molecule has 1 aromatic carbocycles. The van der Waals surface area contributed by atoms with Gasteiger partial charge in [0.2, 0.25) is 5.91 Å². The van der Waals surface area contributed by atoms with E-state index in [2.05, 4.69) is 10.6 Å². The number of amides is 1. The Kier molecular flexibility index (Phi) is 6.43. The normalized spacial score (nSPS) is 10.7. The van der Waals surface area contributed by atoms with E-state index in [4.69, 9.17) is 23.2 Å². The van der Waals surface area contributed by atoms with E-state index in [9.17, 15) is 4.79 Å². The molecular weight excluding hydrogens is 273 g/mol. The second-order valence-corrected chi connectivity index (χ2v) is 4.91. The SMILES string of the molecule is CN(C)CCNCC(=O)Nc1cccc(Cl)c1Cl. The predicted molar refractivity (Wildman–Crippen MR) is 76.5 cm³/mol. The fraction of sp³-hybridized carbons (Fsp3) is 0.417. The van der Waals surface area contributed by atoms with Gasteiger partial charge in [-0.3, -0.25) is 4.79 Å². The second-order valence-electron chi connectivity index (χ2n) is 4.13. The number of halogens is 2. The first kappa shape index (κ1) is 15.2. The number of carbonyl (C=O) groups excluding carboxylic acids is 1. The van der Waals surface area contributed by atoms with Gasteiger partial charge in [0, 0.05) is 13.1 Å². The monoisotopic (exact) mass is 289 g/mol. The molecule has 0 saturated heterocycles. The van der Waals surface area contributed by atoms with Crippen molar-refractivity contribution in [2.24, 2.45) is 0 Å². The lowest BCUT2D eigenvalue weighted by atomic mass is 10.3. The number of nitrogens with zero attached hydrogens (tertiary/aromatic N) is 1. The van der Waals surface area contributed by atoms with E-state index in [0.717, 1.165) is 13.1 Å². The molecule has 1 rings (SSSR count). The van der Waals surface area contributed by atoms with Crippen LogP contribution in [0.1, 0.15) is 0 Å². The lowest BCUT2D eigenvalue weighted by Crippen LogP contribution is -2.33. The van der Waals surface area contributed by atoms with E-state index < -0.39 is 0 Å². The van der Waals surface area contributed by atoms with Crippen LogP contribution in [0.3, 0.4) is 0 Å². The Balaban J connectivity index is 2.38. The highest BCUT2D eigenvalue weighted by atomic mass is 35.5. The third-order valence-corrected chi connectivity index (χ3v) is 3.07. The molecular formula is C12H17Cl2N3O. The number of likely N-dealkylation sites (N-methyl/N-ethyl adjacent to an activating group) is 1. The Morgan fingerprint density at radius 1 is 1.33 bits per heavy atom. The van der Waals surface area contributed by atoms with Crippen molar-refractivity contribution in [1.29, 1.82) is 0 Å². The van der Waals surface area contributed by atoms with Gasteiger partial charge in [0.05, 0.1) is 22.3 Å². The van der Waals surface area contributed by atoms with Gasteiger partial charge in [-0.15, -0.1) is 0 Å². The smallest absolute Gasteiger partial charge is 0.238 e. The molecule has 1 amide bonds. The molecule has 0 atom stereocenters. The molecule has 0 radical (unpaired) electrons. The molecule has 0 saturated carbocycles. The summed E-state index contributed by atoms with van der Waals surface area (Å²) in [5.74, 6) is -0.141. The lowest BCUT2D eigenvalue weighted by molar-refractivity contribution is -0.115. The topological polar surface area (TPSA) is 44.4 Å². The molecule has 0 bridgehead atoms. The minimum atomic E-state index is -0.141. The first-order valence-electron chi connectivity index (χ1n) is 5.60. The number of hydrogen-bond donors (Lipinski definition) is 2. The number of rotatable bonds is 6. The lowest BCUT2D eigenvalue weighted by Gasteiger charge is -2.11. The van der Waals surface area contributed by atoms with E-state index in [0.29, 0.717) is 15.7 Å². The van der Waals surface area contributed by atoms with E-state index in [1.54, 1.807) is 18.2 Å². The molecule has 0 aliphatic heterocycles. The van der Waals surface area contributed by atoms with Crippen LogP contribution in [0.5, 0.6) is 0 Å². The van der Waals surface area contributed by atoms with E-state index in [-0.39, 0.29) is 12.5 Å². The molecule has 4 nitrogen and oxygen atoms in total. The van der Waals surface area contributed by atoms with Gasteiger partial charge in [-0.1, -0.05) is 29.3 Å². The van der Waals surface area contributed by atoms with Crippen LogP contribution in [0.15, 0.2) is 18.2 Å². The molecule has 0 aromatic heterocycles. The Morgan fingerprint density at radius 3 is 2.72 bits per heavy atom. The number of benzene rings is 1. The van der Waals surface area contributed by atoms with Crippen molar-refractivity contribution in [1.82, 2.24) is 10.2 Å². The van der Waals surface area contributed by atoms with Gasteiger partial charge >= 0.3 is 0 Å². The van der Waals surface area contributed by atoms with Gasteiger partial charge in [0.25, 0.3) is 0 Å². The summed E-state index contributed by atoms with van der Waals surface area (Å²) in [4.78, 5) is 13.7. The number of hydrogen-bond acceptors (Lipinski definition) is 3. The van der Waals surface area contributed by atoms with Crippen molar-refractivity contribution in [2.75, 3.05) is 39.0 Å². The molecule has 2 N–H and O–H groups in total. The van der Waals surface area contributed by atoms with Crippen LogP contribution in [0.2, 0.25) is 10.0 Å². The highest BCUT2D eigenvalue weighted by Crippen LogP contribution is 2.29. The fourth-order valence-electron chi connectivity index (χ4n) is 1.30. The molecule has 1 aromatic rings. The van der Waals surface area contributed by atoms with Gasteiger partial charge in [0.1, 0.15) is 0 Å². The standard InChI is InChI=1S/C12H17Cl2N3O/c1-17(2)7-6-15-8-11(18)16-10-5-3-4-9(13)12(10)14/h3-5,15H,6-8H2,1-2H3,(H,16,18). The van der Waals surface area contributed by atoms with Crippen LogP contribution in [-0.4, -0.2) is 44.5 Å². The molecule has 0 unspecified atom stereocenters. The third kappa shape index (κ3) is 5.23. The molecule has 0 aliphatic rings. The van der Waals surface area contributed by atoms with Gasteiger partial charge in [-0.25, -0.2) is 0 Å². The number of anilines is 1. The van der Waals surface area contributed by atoms with E-state index >= 15 is 0 Å². The van der Waals surface area contributed by atoms with Crippen molar-refractivity contribution >= 4 is 34.8 Å². The van der Waals surface area contributed by atoms with Gasteiger partial charge < -0.3 is 15.5 Å². The molecule has 100 valence electrons. The summed E-state index contributed by atoms with van der Waals surface area (Å²) in [6.45, 7) is 1.88. The minimum Gasteiger partial charge on any atom is -0.324 e. The molecule has 0 spiro atoms. The van der Waals surface area contributed by atoms with Crippen LogP contribution in [0.25, 0.3) is 0 Å². The summed E-state index contributed by atoms with van der Waals surface area (Å²) in [5, 5.41) is 6.54. The minimum absolute atomic E-state index is 0.141. The van der Waals surface area contributed by atoms with E-state index in [1.807, 2.05) is 19.0 Å². The van der Waals surface area contributed by atoms with Gasteiger partial charge in [0.15, 0.2) is 0 Å². The van der Waals surface area contributed by atoms with E-state index in [1.165, 1.54) is 0 Å². The van der Waals surface area contributed by atoms with Crippen molar-refractivity contribution in [2.45, 2.75) is 0 Å².